The number of nitrogens with zero attached hydrogens (tertiary/aromatic N) is 1. The fourth-order valence-corrected chi connectivity index (χ4v) is 2.68. The first-order chi connectivity index (χ1) is 9.29. The van der Waals surface area contributed by atoms with Gasteiger partial charge in [-0.1, -0.05) is 27.7 Å². The van der Waals surface area contributed by atoms with E-state index in [1.54, 1.807) is 0 Å². The second-order valence-corrected chi connectivity index (χ2v) is 6.36. The number of hydrogen-bond acceptors (Lipinski definition) is 3. The van der Waals surface area contributed by atoms with E-state index in [4.69, 9.17) is 0 Å². The molecule has 20 heavy (non-hydrogen) atoms. The maximum absolute atomic E-state index is 11.6. The topological polar surface area (TPSA) is 52.6 Å². The predicted octanol–water partition coefficient (Wildman–Crippen LogP) is 2.98. The summed E-state index contributed by atoms with van der Waals surface area (Å²) in [6.45, 7) is 15.5. The summed E-state index contributed by atoms with van der Waals surface area (Å²) >= 11 is 0. The van der Waals surface area contributed by atoms with E-state index in [2.05, 4.69) is 37.9 Å². The Balaban J connectivity index is 4.51. The zero-order valence-corrected chi connectivity index (χ0v) is 14.2. The van der Waals surface area contributed by atoms with Crippen LogP contribution in [-0.4, -0.2) is 47.2 Å². The van der Waals surface area contributed by atoms with Crippen molar-refractivity contribution in [1.29, 1.82) is 0 Å². The highest BCUT2D eigenvalue weighted by Crippen LogP contribution is 2.19. The molecular weight excluding hydrogens is 252 g/mol. The fourth-order valence-electron chi connectivity index (χ4n) is 2.68. The molecule has 0 aliphatic rings. The molecule has 0 aromatic rings. The molecule has 1 atom stereocenters. The van der Waals surface area contributed by atoms with Crippen LogP contribution in [-0.2, 0) is 4.79 Å². The number of aliphatic carboxylic acids is 1. The molecule has 0 bridgehead atoms. The largest absolute Gasteiger partial charge is 0.480 e. The van der Waals surface area contributed by atoms with E-state index in [1.807, 2.05) is 13.8 Å². The van der Waals surface area contributed by atoms with Gasteiger partial charge in [0.25, 0.3) is 0 Å². The first kappa shape index (κ1) is 19.4. The summed E-state index contributed by atoms with van der Waals surface area (Å²) in [7, 11) is 0. The van der Waals surface area contributed by atoms with Gasteiger partial charge >= 0.3 is 5.97 Å². The third-order valence-electron chi connectivity index (χ3n) is 3.91. The Morgan fingerprint density at radius 3 is 2.20 bits per heavy atom. The minimum atomic E-state index is -0.755. The minimum Gasteiger partial charge on any atom is -0.480 e. The molecule has 120 valence electrons. The van der Waals surface area contributed by atoms with Gasteiger partial charge in [0.05, 0.1) is 0 Å². The molecule has 0 aromatic carbocycles. The number of carboxylic acids is 1. The van der Waals surface area contributed by atoms with E-state index in [0.717, 1.165) is 19.5 Å². The van der Waals surface area contributed by atoms with E-state index < -0.39 is 11.5 Å². The van der Waals surface area contributed by atoms with Crippen molar-refractivity contribution in [3.8, 4) is 0 Å². The van der Waals surface area contributed by atoms with Gasteiger partial charge in [-0.2, -0.15) is 0 Å². The molecule has 0 amide bonds. The van der Waals surface area contributed by atoms with Crippen LogP contribution < -0.4 is 5.32 Å². The van der Waals surface area contributed by atoms with E-state index in [0.29, 0.717) is 31.3 Å². The Morgan fingerprint density at radius 2 is 1.85 bits per heavy atom. The third kappa shape index (κ3) is 6.23. The molecule has 0 spiro atoms. The second-order valence-electron chi connectivity index (χ2n) is 6.36. The number of carboxylic acid groups (broad SMARTS) is 1. The van der Waals surface area contributed by atoms with Gasteiger partial charge in [-0.15, -0.1) is 0 Å². The Hall–Kier alpha value is -0.610. The normalized spacial score (nSPS) is 15.1. The predicted molar refractivity (Wildman–Crippen MR) is 85.1 cm³/mol. The Kier molecular flexibility index (Phi) is 9.06. The fraction of sp³-hybridized carbons (Fsp3) is 0.938. The first-order valence-electron chi connectivity index (χ1n) is 8.01. The molecule has 0 fully saturated rings. The van der Waals surface area contributed by atoms with Gasteiger partial charge in [0, 0.05) is 12.6 Å². The SMILES string of the molecule is CCNC(CC)(CCCN(CC(C)C)C(C)C)C(=O)O. The molecular formula is C16H34N2O2. The van der Waals surface area contributed by atoms with Gasteiger partial charge in [-0.05, 0) is 52.1 Å². The lowest BCUT2D eigenvalue weighted by Gasteiger charge is -2.32. The lowest BCUT2D eigenvalue weighted by Crippen LogP contribution is -2.52. The average Bonchev–Trinajstić information content (AvgIpc) is 2.35. The third-order valence-corrected chi connectivity index (χ3v) is 3.91. The molecule has 0 rings (SSSR count). The molecule has 0 aliphatic heterocycles. The summed E-state index contributed by atoms with van der Waals surface area (Å²) in [6, 6.07) is 0.511. The Morgan fingerprint density at radius 1 is 1.25 bits per heavy atom. The van der Waals surface area contributed by atoms with Crippen LogP contribution in [0.3, 0.4) is 0 Å². The van der Waals surface area contributed by atoms with Crippen molar-refractivity contribution in [3.63, 3.8) is 0 Å². The van der Waals surface area contributed by atoms with Crippen molar-refractivity contribution in [2.24, 2.45) is 5.92 Å². The van der Waals surface area contributed by atoms with Gasteiger partial charge in [0.2, 0.25) is 0 Å². The van der Waals surface area contributed by atoms with Crippen LogP contribution in [0.5, 0.6) is 0 Å². The van der Waals surface area contributed by atoms with Gasteiger partial charge in [-0.3, -0.25) is 4.79 Å². The number of carbonyl (C=O) groups is 1. The van der Waals surface area contributed by atoms with Crippen molar-refractivity contribution in [2.45, 2.75) is 72.4 Å². The van der Waals surface area contributed by atoms with Crippen LogP contribution in [0.2, 0.25) is 0 Å². The van der Waals surface area contributed by atoms with Crippen LogP contribution in [0.1, 0.15) is 60.8 Å². The van der Waals surface area contributed by atoms with Crippen molar-refractivity contribution >= 4 is 5.97 Å². The summed E-state index contributed by atoms with van der Waals surface area (Å²) in [4.78, 5) is 14.0. The molecule has 0 saturated heterocycles. The van der Waals surface area contributed by atoms with E-state index in [1.165, 1.54) is 0 Å². The molecule has 2 N–H and O–H groups in total. The van der Waals surface area contributed by atoms with Crippen molar-refractivity contribution < 1.29 is 9.90 Å². The highest BCUT2D eigenvalue weighted by molar-refractivity contribution is 5.78. The number of hydrogen-bond donors (Lipinski definition) is 2. The minimum absolute atomic E-state index is 0.511. The van der Waals surface area contributed by atoms with Crippen LogP contribution in [0.25, 0.3) is 0 Å². The van der Waals surface area contributed by atoms with Crippen LogP contribution >= 0.6 is 0 Å². The summed E-state index contributed by atoms with van der Waals surface area (Å²) in [6.07, 6.45) is 2.23. The highest BCUT2D eigenvalue weighted by Gasteiger charge is 2.35. The van der Waals surface area contributed by atoms with Crippen molar-refractivity contribution in [2.75, 3.05) is 19.6 Å². The van der Waals surface area contributed by atoms with E-state index in [-0.39, 0.29) is 0 Å². The number of likely N-dealkylation sites (N-methyl/N-ethyl adjacent to an activating group) is 1. The molecule has 4 nitrogen and oxygen atoms in total. The summed E-state index contributed by atoms with van der Waals surface area (Å²) < 4.78 is 0. The summed E-state index contributed by atoms with van der Waals surface area (Å²) in [5, 5.41) is 12.7. The first-order valence-corrected chi connectivity index (χ1v) is 8.01. The molecule has 0 heterocycles. The van der Waals surface area contributed by atoms with Crippen molar-refractivity contribution in [3.05, 3.63) is 0 Å². The molecule has 0 saturated carbocycles. The Bertz CT molecular complexity index is 280. The number of rotatable bonds is 11. The standard InChI is InChI=1S/C16H34N2O2/c1-7-16(15(19)20,17-8-2)10-9-11-18(14(5)6)12-13(3)4/h13-14,17H,7-12H2,1-6H3,(H,19,20). The zero-order valence-electron chi connectivity index (χ0n) is 14.2. The highest BCUT2D eigenvalue weighted by atomic mass is 16.4. The van der Waals surface area contributed by atoms with Crippen LogP contribution in [0.4, 0.5) is 0 Å². The van der Waals surface area contributed by atoms with Gasteiger partial charge in [-0.25, -0.2) is 0 Å². The zero-order chi connectivity index (χ0) is 15.8. The maximum atomic E-state index is 11.6. The van der Waals surface area contributed by atoms with E-state index >= 15 is 0 Å². The summed E-state index contributed by atoms with van der Waals surface area (Å²) in [5.74, 6) is -0.0802. The number of nitrogens with one attached hydrogen (secondary N) is 1. The van der Waals surface area contributed by atoms with Crippen LogP contribution in [0, 0.1) is 5.92 Å². The lowest BCUT2D eigenvalue weighted by atomic mass is 9.90. The monoisotopic (exact) mass is 286 g/mol. The molecule has 0 aromatic heterocycles. The Labute approximate surface area is 124 Å². The quantitative estimate of drug-likeness (QED) is 0.613. The second kappa shape index (κ2) is 9.35. The summed E-state index contributed by atoms with van der Waals surface area (Å²) in [5.41, 5.74) is -0.755. The maximum Gasteiger partial charge on any atom is 0.323 e. The van der Waals surface area contributed by atoms with Crippen molar-refractivity contribution in [1.82, 2.24) is 10.2 Å². The molecule has 4 heteroatoms. The molecule has 1 unspecified atom stereocenters. The van der Waals surface area contributed by atoms with E-state index in [9.17, 15) is 9.90 Å². The van der Waals surface area contributed by atoms with Gasteiger partial charge in [0.1, 0.15) is 5.54 Å². The molecule has 0 radical (unpaired) electrons. The average molecular weight is 286 g/mol. The van der Waals surface area contributed by atoms with Gasteiger partial charge < -0.3 is 15.3 Å². The molecule has 0 aliphatic carbocycles. The van der Waals surface area contributed by atoms with Crippen LogP contribution in [0.15, 0.2) is 0 Å². The lowest BCUT2D eigenvalue weighted by molar-refractivity contribution is -0.145. The smallest absolute Gasteiger partial charge is 0.323 e. The van der Waals surface area contributed by atoms with Gasteiger partial charge in [0.15, 0.2) is 0 Å².